The van der Waals surface area contributed by atoms with Gasteiger partial charge in [-0.3, -0.25) is 9.59 Å². The van der Waals surface area contributed by atoms with E-state index in [0.29, 0.717) is 24.2 Å². The summed E-state index contributed by atoms with van der Waals surface area (Å²) in [4.78, 5) is 24.1. The molecule has 0 radical (unpaired) electrons. The zero-order valence-electron chi connectivity index (χ0n) is 12.5. The molecule has 0 bridgehead atoms. The van der Waals surface area contributed by atoms with Crippen LogP contribution in [0.4, 0.5) is 0 Å². The molecule has 114 valence electrons. The number of ether oxygens (including phenoxy) is 2. The van der Waals surface area contributed by atoms with Gasteiger partial charge >= 0.3 is 5.97 Å². The summed E-state index contributed by atoms with van der Waals surface area (Å²) in [6.07, 6.45) is 4.73. The topological polar surface area (TPSA) is 52.6 Å². The second-order valence-corrected chi connectivity index (χ2v) is 5.54. The lowest BCUT2D eigenvalue weighted by Crippen LogP contribution is -2.27. The Kier molecular flexibility index (Phi) is 4.09. The fourth-order valence-corrected chi connectivity index (χ4v) is 3.01. The van der Waals surface area contributed by atoms with Crippen LogP contribution in [0, 0.1) is 5.92 Å². The summed E-state index contributed by atoms with van der Waals surface area (Å²) in [7, 11) is 1.36. The minimum Gasteiger partial charge on any atom is -0.485 e. The molecule has 2 atom stereocenters. The van der Waals surface area contributed by atoms with Gasteiger partial charge in [0, 0.05) is 11.5 Å². The summed E-state index contributed by atoms with van der Waals surface area (Å²) in [6.45, 7) is 0. The molecule has 2 aliphatic rings. The normalized spacial score (nSPS) is 23.8. The minimum absolute atomic E-state index is 0.0633. The van der Waals surface area contributed by atoms with Crippen molar-refractivity contribution in [1.29, 1.82) is 0 Å². The molecule has 22 heavy (non-hydrogen) atoms. The molecule has 0 amide bonds. The van der Waals surface area contributed by atoms with Crippen molar-refractivity contribution < 1.29 is 19.1 Å². The molecule has 0 aromatic heterocycles. The molecule has 3 rings (SSSR count). The molecule has 0 N–H and O–H groups in total. The summed E-state index contributed by atoms with van der Waals surface area (Å²) >= 11 is 0. The van der Waals surface area contributed by atoms with Crippen molar-refractivity contribution in [3.05, 3.63) is 59.4 Å². The Morgan fingerprint density at radius 1 is 1.32 bits per heavy atom. The monoisotopic (exact) mass is 298 g/mol. The zero-order valence-corrected chi connectivity index (χ0v) is 12.5. The maximum absolute atomic E-state index is 12.6. The molecule has 0 saturated heterocycles. The molecule has 1 aromatic carbocycles. The number of rotatable bonds is 3. The first-order valence-corrected chi connectivity index (χ1v) is 7.41. The Balaban J connectivity index is 1.85. The van der Waals surface area contributed by atoms with Gasteiger partial charge in [0.25, 0.3) is 0 Å². The maximum Gasteiger partial charge on any atom is 0.306 e. The fourth-order valence-electron chi connectivity index (χ4n) is 3.01. The molecule has 1 aliphatic heterocycles. The van der Waals surface area contributed by atoms with E-state index in [4.69, 9.17) is 9.47 Å². The summed E-state index contributed by atoms with van der Waals surface area (Å²) < 4.78 is 10.7. The summed E-state index contributed by atoms with van der Waals surface area (Å²) in [5.41, 5.74) is 1.63. The standard InChI is InChI=1S/C18H18O4/c1-21-17(20)10-13-8-5-9-15-18(13)14(19)11-16(22-15)12-6-3-2-4-7-12/h2-7,9,13,16H,8,10-11H2,1H3/t13-,16+/m1/s1. The summed E-state index contributed by atoms with van der Waals surface area (Å²) in [6, 6.07) is 9.73. The van der Waals surface area contributed by atoms with E-state index in [0.717, 1.165) is 5.56 Å². The first-order valence-electron chi connectivity index (χ1n) is 7.41. The number of carbonyl (C=O) groups excluding carboxylic acids is 2. The van der Waals surface area contributed by atoms with Gasteiger partial charge in [-0.05, 0) is 18.1 Å². The number of ketones is 1. The molecule has 1 aromatic rings. The Morgan fingerprint density at radius 2 is 2.09 bits per heavy atom. The van der Waals surface area contributed by atoms with E-state index in [9.17, 15) is 9.59 Å². The quantitative estimate of drug-likeness (QED) is 0.805. The third-order valence-electron chi connectivity index (χ3n) is 4.12. The lowest BCUT2D eigenvalue weighted by Gasteiger charge is -2.31. The van der Waals surface area contributed by atoms with Gasteiger partial charge in [-0.15, -0.1) is 0 Å². The van der Waals surface area contributed by atoms with Crippen LogP contribution in [0.2, 0.25) is 0 Å². The minimum atomic E-state index is -0.301. The number of carbonyl (C=O) groups is 2. The van der Waals surface area contributed by atoms with Crippen LogP contribution in [0.3, 0.4) is 0 Å². The van der Waals surface area contributed by atoms with E-state index in [1.54, 1.807) is 0 Å². The number of benzene rings is 1. The average molecular weight is 298 g/mol. The first kappa shape index (κ1) is 14.6. The van der Waals surface area contributed by atoms with Crippen molar-refractivity contribution in [3.63, 3.8) is 0 Å². The highest BCUT2D eigenvalue weighted by molar-refractivity contribution is 5.98. The predicted molar refractivity (Wildman–Crippen MR) is 80.8 cm³/mol. The molecule has 0 unspecified atom stereocenters. The van der Waals surface area contributed by atoms with E-state index in [1.807, 2.05) is 42.5 Å². The third kappa shape index (κ3) is 2.82. The highest BCUT2D eigenvalue weighted by Crippen LogP contribution is 2.39. The number of hydrogen-bond donors (Lipinski definition) is 0. The maximum atomic E-state index is 12.6. The first-order chi connectivity index (χ1) is 10.7. The molecular weight excluding hydrogens is 280 g/mol. The molecule has 0 fully saturated rings. The van der Waals surface area contributed by atoms with Gasteiger partial charge in [0.05, 0.1) is 20.0 Å². The molecule has 1 heterocycles. The van der Waals surface area contributed by atoms with Gasteiger partial charge in [-0.2, -0.15) is 0 Å². The Hall–Kier alpha value is -2.36. The number of allylic oxidation sites excluding steroid dienone is 3. The van der Waals surface area contributed by atoms with Crippen LogP contribution in [0.5, 0.6) is 0 Å². The second kappa shape index (κ2) is 6.18. The van der Waals surface area contributed by atoms with Crippen LogP contribution in [0.25, 0.3) is 0 Å². The van der Waals surface area contributed by atoms with Crippen LogP contribution < -0.4 is 0 Å². The van der Waals surface area contributed by atoms with Crippen LogP contribution in [-0.4, -0.2) is 18.9 Å². The molecule has 4 heteroatoms. The Bertz CT molecular complexity index is 642. The van der Waals surface area contributed by atoms with Crippen molar-refractivity contribution in [2.75, 3.05) is 7.11 Å². The van der Waals surface area contributed by atoms with E-state index in [2.05, 4.69) is 0 Å². The summed E-state index contributed by atoms with van der Waals surface area (Å²) in [5.74, 6) is 0.223. The third-order valence-corrected chi connectivity index (χ3v) is 4.12. The van der Waals surface area contributed by atoms with E-state index in [-0.39, 0.29) is 30.2 Å². The van der Waals surface area contributed by atoms with Crippen molar-refractivity contribution in [3.8, 4) is 0 Å². The summed E-state index contributed by atoms with van der Waals surface area (Å²) in [5, 5.41) is 0. The molecular formula is C18H18O4. The Morgan fingerprint density at radius 3 is 2.82 bits per heavy atom. The highest BCUT2D eigenvalue weighted by Gasteiger charge is 2.35. The molecule has 4 nitrogen and oxygen atoms in total. The molecule has 0 saturated carbocycles. The van der Waals surface area contributed by atoms with Crippen LogP contribution in [-0.2, 0) is 19.1 Å². The Labute approximate surface area is 129 Å². The lowest BCUT2D eigenvalue weighted by atomic mass is 9.82. The average Bonchev–Trinajstić information content (AvgIpc) is 2.55. The van der Waals surface area contributed by atoms with Gasteiger partial charge in [0.15, 0.2) is 5.78 Å². The van der Waals surface area contributed by atoms with Crippen LogP contribution in [0.15, 0.2) is 53.8 Å². The van der Waals surface area contributed by atoms with Gasteiger partial charge in [0.2, 0.25) is 0 Å². The lowest BCUT2D eigenvalue weighted by molar-refractivity contribution is -0.141. The van der Waals surface area contributed by atoms with Crippen molar-refractivity contribution >= 4 is 11.8 Å². The van der Waals surface area contributed by atoms with E-state index in [1.165, 1.54) is 7.11 Å². The second-order valence-electron chi connectivity index (χ2n) is 5.54. The largest absolute Gasteiger partial charge is 0.485 e. The predicted octanol–water partition coefficient (Wildman–Crippen LogP) is 3.11. The molecule has 1 aliphatic carbocycles. The smallest absolute Gasteiger partial charge is 0.306 e. The van der Waals surface area contributed by atoms with Gasteiger partial charge < -0.3 is 9.47 Å². The van der Waals surface area contributed by atoms with E-state index < -0.39 is 0 Å². The van der Waals surface area contributed by atoms with Gasteiger partial charge in [-0.25, -0.2) is 0 Å². The highest BCUT2D eigenvalue weighted by atomic mass is 16.5. The fraction of sp³-hybridized carbons (Fsp3) is 0.333. The van der Waals surface area contributed by atoms with E-state index >= 15 is 0 Å². The van der Waals surface area contributed by atoms with Crippen LogP contribution in [0.1, 0.15) is 30.9 Å². The number of Topliss-reactive ketones (excluding diaryl/α,β-unsaturated/α-hetero) is 1. The zero-order chi connectivity index (χ0) is 15.5. The van der Waals surface area contributed by atoms with Crippen molar-refractivity contribution in [1.82, 2.24) is 0 Å². The van der Waals surface area contributed by atoms with Crippen molar-refractivity contribution in [2.45, 2.75) is 25.4 Å². The van der Waals surface area contributed by atoms with Crippen molar-refractivity contribution in [2.24, 2.45) is 5.92 Å². The van der Waals surface area contributed by atoms with Gasteiger partial charge in [0.1, 0.15) is 11.9 Å². The molecule has 0 spiro atoms. The van der Waals surface area contributed by atoms with Crippen LogP contribution >= 0.6 is 0 Å². The number of hydrogen-bond acceptors (Lipinski definition) is 4. The SMILES string of the molecule is COC(=O)C[C@H]1CC=CC2=C1C(=O)C[C@@H](c1ccccc1)O2. The number of methoxy groups -OCH3 is 1. The van der Waals surface area contributed by atoms with Gasteiger partial charge in [-0.1, -0.05) is 36.4 Å². The number of esters is 1.